The number of nitrogens with zero attached hydrogens (tertiary/aromatic N) is 1. The molecule has 5 heteroatoms. The van der Waals surface area contributed by atoms with E-state index in [4.69, 9.17) is 0 Å². The standard InChI is InChI=1S/C17H19N3O2/c1-20(16(21)18-12-14-8-4-2-5-9-14)17(22)19-13-15-10-6-3-7-11-15/h2-11H,12-13H2,1H3,(H,18,21)(H,19,22). The molecule has 0 unspecified atom stereocenters. The van der Waals surface area contributed by atoms with E-state index in [1.54, 1.807) is 0 Å². The van der Waals surface area contributed by atoms with Crippen LogP contribution in [0.1, 0.15) is 11.1 Å². The first-order chi connectivity index (χ1) is 10.7. The van der Waals surface area contributed by atoms with Crippen molar-refractivity contribution >= 4 is 12.1 Å². The Balaban J connectivity index is 1.78. The minimum atomic E-state index is -0.436. The van der Waals surface area contributed by atoms with Gasteiger partial charge in [0.25, 0.3) is 0 Å². The number of urea groups is 2. The minimum absolute atomic E-state index is 0.385. The molecule has 2 N–H and O–H groups in total. The number of hydrogen-bond donors (Lipinski definition) is 2. The largest absolute Gasteiger partial charge is 0.334 e. The molecule has 0 spiro atoms. The lowest BCUT2D eigenvalue weighted by Gasteiger charge is -2.17. The van der Waals surface area contributed by atoms with Crippen LogP contribution in [-0.2, 0) is 13.1 Å². The number of imide groups is 1. The number of hydrogen-bond acceptors (Lipinski definition) is 2. The van der Waals surface area contributed by atoms with Gasteiger partial charge in [-0.25, -0.2) is 14.5 Å². The van der Waals surface area contributed by atoms with Crippen molar-refractivity contribution < 1.29 is 9.59 Å². The molecule has 0 saturated carbocycles. The molecular weight excluding hydrogens is 278 g/mol. The third-order valence-corrected chi connectivity index (χ3v) is 3.18. The Morgan fingerprint density at radius 2 is 1.14 bits per heavy atom. The summed E-state index contributed by atoms with van der Waals surface area (Å²) in [5, 5.41) is 5.41. The average Bonchev–Trinajstić information content (AvgIpc) is 2.58. The van der Waals surface area contributed by atoms with E-state index in [1.807, 2.05) is 60.7 Å². The van der Waals surface area contributed by atoms with E-state index in [0.29, 0.717) is 13.1 Å². The molecule has 0 aromatic heterocycles. The van der Waals surface area contributed by atoms with Gasteiger partial charge in [0.1, 0.15) is 0 Å². The second-order valence-corrected chi connectivity index (χ2v) is 4.85. The van der Waals surface area contributed by atoms with E-state index in [1.165, 1.54) is 7.05 Å². The van der Waals surface area contributed by atoms with E-state index < -0.39 is 12.1 Å². The number of carbonyl (C=O) groups excluding carboxylic acids is 2. The maximum absolute atomic E-state index is 11.9. The molecule has 0 fully saturated rings. The van der Waals surface area contributed by atoms with Crippen LogP contribution in [0.3, 0.4) is 0 Å². The van der Waals surface area contributed by atoms with Crippen molar-refractivity contribution in [2.24, 2.45) is 0 Å². The highest BCUT2D eigenvalue weighted by Gasteiger charge is 2.15. The van der Waals surface area contributed by atoms with Gasteiger partial charge < -0.3 is 10.6 Å². The third kappa shape index (κ3) is 4.63. The van der Waals surface area contributed by atoms with Crippen LogP contribution in [0.2, 0.25) is 0 Å². The lowest BCUT2D eigenvalue weighted by atomic mass is 10.2. The maximum Gasteiger partial charge on any atom is 0.325 e. The summed E-state index contributed by atoms with van der Waals surface area (Å²) in [7, 11) is 1.45. The molecule has 0 bridgehead atoms. The SMILES string of the molecule is CN(C(=O)NCc1ccccc1)C(=O)NCc1ccccc1. The second kappa shape index (κ2) is 7.83. The zero-order chi connectivity index (χ0) is 15.8. The molecule has 0 atom stereocenters. The number of nitrogens with one attached hydrogen (secondary N) is 2. The van der Waals surface area contributed by atoms with Crippen molar-refractivity contribution in [3.8, 4) is 0 Å². The molecule has 0 heterocycles. The summed E-state index contributed by atoms with van der Waals surface area (Å²) in [6, 6.07) is 18.2. The molecule has 0 radical (unpaired) electrons. The summed E-state index contributed by atoms with van der Waals surface area (Å²) in [6.07, 6.45) is 0. The number of amides is 4. The lowest BCUT2D eigenvalue weighted by molar-refractivity contribution is 0.194. The lowest BCUT2D eigenvalue weighted by Crippen LogP contribution is -2.45. The van der Waals surface area contributed by atoms with Gasteiger partial charge in [-0.1, -0.05) is 60.7 Å². The molecule has 114 valence electrons. The van der Waals surface area contributed by atoms with E-state index in [9.17, 15) is 9.59 Å². The van der Waals surface area contributed by atoms with Crippen molar-refractivity contribution in [1.82, 2.24) is 15.5 Å². The van der Waals surface area contributed by atoms with E-state index in [-0.39, 0.29) is 0 Å². The highest BCUT2D eigenvalue weighted by atomic mass is 16.2. The van der Waals surface area contributed by atoms with Gasteiger partial charge in [0, 0.05) is 20.1 Å². The molecule has 0 aliphatic heterocycles. The molecule has 0 aliphatic rings. The smallest absolute Gasteiger partial charge is 0.325 e. The van der Waals surface area contributed by atoms with Crippen molar-refractivity contribution in [3.63, 3.8) is 0 Å². The van der Waals surface area contributed by atoms with Crippen molar-refractivity contribution in [1.29, 1.82) is 0 Å². The highest BCUT2D eigenvalue weighted by molar-refractivity contribution is 5.93. The van der Waals surface area contributed by atoms with Crippen molar-refractivity contribution in [2.45, 2.75) is 13.1 Å². The van der Waals surface area contributed by atoms with E-state index in [2.05, 4.69) is 10.6 Å². The fraction of sp³-hybridized carbons (Fsp3) is 0.176. The zero-order valence-corrected chi connectivity index (χ0v) is 12.5. The van der Waals surface area contributed by atoms with Crippen molar-refractivity contribution in [2.75, 3.05) is 7.05 Å². The number of rotatable bonds is 4. The molecule has 0 aliphatic carbocycles. The maximum atomic E-state index is 11.9. The summed E-state index contributed by atoms with van der Waals surface area (Å²) in [5.74, 6) is 0. The molecule has 22 heavy (non-hydrogen) atoms. The van der Waals surface area contributed by atoms with Crippen LogP contribution in [0.15, 0.2) is 60.7 Å². The van der Waals surface area contributed by atoms with Crippen LogP contribution in [-0.4, -0.2) is 24.0 Å². The molecule has 2 aromatic rings. The van der Waals surface area contributed by atoms with E-state index in [0.717, 1.165) is 16.0 Å². The van der Waals surface area contributed by atoms with Crippen LogP contribution in [0.25, 0.3) is 0 Å². The quantitative estimate of drug-likeness (QED) is 0.911. The predicted octanol–water partition coefficient (Wildman–Crippen LogP) is 2.74. The van der Waals surface area contributed by atoms with Gasteiger partial charge in [-0.15, -0.1) is 0 Å². The molecule has 2 rings (SSSR count). The van der Waals surface area contributed by atoms with Crippen LogP contribution >= 0.6 is 0 Å². The normalized spacial score (nSPS) is 9.86. The Labute approximate surface area is 129 Å². The average molecular weight is 297 g/mol. The molecule has 4 amide bonds. The summed E-state index contributed by atoms with van der Waals surface area (Å²) < 4.78 is 0. The monoisotopic (exact) mass is 297 g/mol. The van der Waals surface area contributed by atoms with Gasteiger partial charge in [0.2, 0.25) is 0 Å². The molecule has 0 saturated heterocycles. The van der Waals surface area contributed by atoms with Crippen molar-refractivity contribution in [3.05, 3.63) is 71.8 Å². The summed E-state index contributed by atoms with van der Waals surface area (Å²) in [4.78, 5) is 24.9. The summed E-state index contributed by atoms with van der Waals surface area (Å²) in [6.45, 7) is 0.770. The first-order valence-electron chi connectivity index (χ1n) is 7.04. The Morgan fingerprint density at radius 1 is 0.773 bits per heavy atom. The minimum Gasteiger partial charge on any atom is -0.334 e. The molecule has 5 nitrogen and oxygen atoms in total. The Hall–Kier alpha value is -2.82. The van der Waals surface area contributed by atoms with Crippen LogP contribution in [0.4, 0.5) is 9.59 Å². The predicted molar refractivity (Wildman–Crippen MR) is 85.1 cm³/mol. The molecular formula is C17H19N3O2. The van der Waals surface area contributed by atoms with E-state index >= 15 is 0 Å². The van der Waals surface area contributed by atoms with Gasteiger partial charge in [0.05, 0.1) is 0 Å². The van der Waals surface area contributed by atoms with Crippen LogP contribution in [0.5, 0.6) is 0 Å². The highest BCUT2D eigenvalue weighted by Crippen LogP contribution is 1.99. The van der Waals surface area contributed by atoms with Gasteiger partial charge in [0.15, 0.2) is 0 Å². The Bertz CT molecular complexity index is 559. The second-order valence-electron chi connectivity index (χ2n) is 4.85. The Kier molecular flexibility index (Phi) is 5.54. The molecule has 2 aromatic carbocycles. The fourth-order valence-electron chi connectivity index (χ4n) is 1.88. The fourth-order valence-corrected chi connectivity index (χ4v) is 1.88. The van der Waals surface area contributed by atoms with Gasteiger partial charge >= 0.3 is 12.1 Å². The van der Waals surface area contributed by atoms with Gasteiger partial charge in [-0.05, 0) is 11.1 Å². The van der Waals surface area contributed by atoms with Crippen LogP contribution < -0.4 is 10.6 Å². The third-order valence-electron chi connectivity index (χ3n) is 3.18. The first-order valence-corrected chi connectivity index (χ1v) is 7.04. The Morgan fingerprint density at radius 3 is 1.50 bits per heavy atom. The van der Waals surface area contributed by atoms with Crippen LogP contribution in [0, 0.1) is 0 Å². The topological polar surface area (TPSA) is 61.4 Å². The van der Waals surface area contributed by atoms with Gasteiger partial charge in [-0.3, -0.25) is 0 Å². The summed E-state index contributed by atoms with van der Waals surface area (Å²) in [5.41, 5.74) is 1.96. The zero-order valence-electron chi connectivity index (χ0n) is 12.5. The number of benzene rings is 2. The summed E-state index contributed by atoms with van der Waals surface area (Å²) >= 11 is 0. The van der Waals surface area contributed by atoms with Gasteiger partial charge in [-0.2, -0.15) is 0 Å². The number of carbonyl (C=O) groups is 2. The first kappa shape index (κ1) is 15.6.